The Morgan fingerprint density at radius 1 is 1.24 bits per heavy atom. The van der Waals surface area contributed by atoms with Crippen molar-refractivity contribution in [2.75, 3.05) is 18.0 Å². The number of nitriles is 1. The second-order valence-electron chi connectivity index (χ2n) is 6.27. The molecule has 4 rings (SSSR count). The fourth-order valence-corrected chi connectivity index (χ4v) is 3.62. The van der Waals surface area contributed by atoms with E-state index < -0.39 is 0 Å². The highest BCUT2D eigenvalue weighted by Crippen LogP contribution is 2.47. The average Bonchev–Trinajstić information content (AvgIpc) is 2.89. The number of rotatable bonds is 1. The highest BCUT2D eigenvalue weighted by molar-refractivity contribution is 5.86. The first-order valence-electron chi connectivity index (χ1n) is 7.33. The third-order valence-electron chi connectivity index (χ3n) is 4.95. The van der Waals surface area contributed by atoms with E-state index in [2.05, 4.69) is 22.1 Å². The van der Waals surface area contributed by atoms with Gasteiger partial charge in [0.25, 0.3) is 0 Å². The number of ketones is 1. The summed E-state index contributed by atoms with van der Waals surface area (Å²) in [7, 11) is 0. The third-order valence-corrected chi connectivity index (χ3v) is 4.95. The number of hydrogen-bond donors (Lipinski definition) is 0. The molecule has 5 nitrogen and oxygen atoms in total. The number of anilines is 1. The maximum atomic E-state index is 11.2. The van der Waals surface area contributed by atoms with Crippen LogP contribution in [0.5, 0.6) is 0 Å². The molecule has 2 aliphatic rings. The normalized spacial score (nSPS) is 20.5. The SMILES string of the molecule is N#Cc1cnn2cc(N3CCC4(CC3)CC(=O)C4)ccc12. The van der Waals surface area contributed by atoms with Gasteiger partial charge in [0.05, 0.1) is 29.2 Å². The monoisotopic (exact) mass is 280 g/mol. The lowest BCUT2D eigenvalue weighted by atomic mass is 9.62. The molecule has 2 aromatic heterocycles. The van der Waals surface area contributed by atoms with Crippen molar-refractivity contribution in [3.05, 3.63) is 30.1 Å². The predicted octanol–water partition coefficient (Wildman–Crippen LogP) is 2.16. The van der Waals surface area contributed by atoms with Crippen LogP contribution in [-0.4, -0.2) is 28.5 Å². The zero-order valence-corrected chi connectivity index (χ0v) is 11.7. The summed E-state index contributed by atoms with van der Waals surface area (Å²) < 4.78 is 1.77. The number of Topliss-reactive ketones (excluding diaryl/α,β-unsaturated/α-hetero) is 1. The molecule has 0 N–H and O–H groups in total. The summed E-state index contributed by atoms with van der Waals surface area (Å²) in [6, 6.07) is 6.16. The molecule has 21 heavy (non-hydrogen) atoms. The molecule has 1 aliphatic carbocycles. The summed E-state index contributed by atoms with van der Waals surface area (Å²) in [4.78, 5) is 13.6. The number of hydrogen-bond acceptors (Lipinski definition) is 4. The average molecular weight is 280 g/mol. The first-order valence-corrected chi connectivity index (χ1v) is 7.33. The summed E-state index contributed by atoms with van der Waals surface area (Å²) in [6.07, 6.45) is 7.35. The van der Waals surface area contributed by atoms with E-state index >= 15 is 0 Å². The molecule has 1 saturated carbocycles. The van der Waals surface area contributed by atoms with Crippen molar-refractivity contribution in [3.8, 4) is 6.07 Å². The van der Waals surface area contributed by atoms with Gasteiger partial charge in [-0.05, 0) is 30.4 Å². The van der Waals surface area contributed by atoms with E-state index in [1.165, 1.54) is 0 Å². The number of pyridine rings is 1. The van der Waals surface area contributed by atoms with Gasteiger partial charge in [0, 0.05) is 25.9 Å². The van der Waals surface area contributed by atoms with Crippen LogP contribution in [0.1, 0.15) is 31.2 Å². The van der Waals surface area contributed by atoms with E-state index in [1.54, 1.807) is 10.7 Å². The smallest absolute Gasteiger partial charge is 0.134 e. The first-order chi connectivity index (χ1) is 10.2. The van der Waals surface area contributed by atoms with Gasteiger partial charge in [0.1, 0.15) is 11.9 Å². The van der Waals surface area contributed by atoms with Gasteiger partial charge in [0.2, 0.25) is 0 Å². The third kappa shape index (κ3) is 1.90. The Morgan fingerprint density at radius 3 is 2.67 bits per heavy atom. The second-order valence-corrected chi connectivity index (χ2v) is 6.27. The Labute approximate surface area is 122 Å². The molecule has 1 saturated heterocycles. The summed E-state index contributed by atoms with van der Waals surface area (Å²) in [5, 5.41) is 13.2. The summed E-state index contributed by atoms with van der Waals surface area (Å²) in [6.45, 7) is 1.98. The van der Waals surface area contributed by atoms with E-state index in [9.17, 15) is 4.79 Å². The quantitative estimate of drug-likeness (QED) is 0.803. The Kier molecular flexibility index (Phi) is 2.55. The molecule has 106 valence electrons. The molecule has 0 unspecified atom stereocenters. The molecule has 2 aromatic rings. The molecule has 1 aliphatic heterocycles. The van der Waals surface area contributed by atoms with Crippen molar-refractivity contribution in [3.63, 3.8) is 0 Å². The lowest BCUT2D eigenvalue weighted by Crippen LogP contribution is -2.47. The molecule has 1 spiro atoms. The minimum absolute atomic E-state index is 0.303. The molecular formula is C16H16N4O. The summed E-state index contributed by atoms with van der Waals surface area (Å²) in [5.74, 6) is 0.422. The Morgan fingerprint density at radius 2 is 2.00 bits per heavy atom. The summed E-state index contributed by atoms with van der Waals surface area (Å²) in [5.41, 5.74) is 2.89. The van der Waals surface area contributed by atoms with Crippen LogP contribution >= 0.6 is 0 Å². The van der Waals surface area contributed by atoms with Gasteiger partial charge in [-0.2, -0.15) is 10.4 Å². The lowest BCUT2D eigenvalue weighted by Gasteiger charge is -2.47. The maximum absolute atomic E-state index is 11.2. The zero-order chi connectivity index (χ0) is 14.4. The van der Waals surface area contributed by atoms with E-state index in [0.717, 1.165) is 50.0 Å². The van der Waals surface area contributed by atoms with Crippen molar-refractivity contribution in [2.45, 2.75) is 25.7 Å². The largest absolute Gasteiger partial charge is 0.370 e. The van der Waals surface area contributed by atoms with Gasteiger partial charge in [-0.15, -0.1) is 0 Å². The molecule has 0 amide bonds. The topological polar surface area (TPSA) is 61.4 Å². The summed E-state index contributed by atoms with van der Waals surface area (Å²) >= 11 is 0. The molecule has 0 bridgehead atoms. The van der Waals surface area contributed by atoms with Crippen LogP contribution in [0, 0.1) is 16.7 Å². The molecule has 2 fully saturated rings. The first kappa shape index (κ1) is 12.4. The number of fused-ring (bicyclic) bond motifs is 1. The van der Waals surface area contributed by atoms with Crippen molar-refractivity contribution < 1.29 is 4.79 Å². The minimum Gasteiger partial charge on any atom is -0.370 e. The standard InChI is InChI=1S/C16H16N4O/c17-9-12-10-18-20-11-13(1-2-15(12)20)19-5-3-16(4-6-19)7-14(21)8-16/h1-2,10-11H,3-8H2. The van der Waals surface area contributed by atoms with E-state index in [0.29, 0.717) is 16.8 Å². The highest BCUT2D eigenvalue weighted by atomic mass is 16.1. The second kappa shape index (κ2) is 4.32. The van der Waals surface area contributed by atoms with E-state index in [1.807, 2.05) is 12.3 Å². The van der Waals surface area contributed by atoms with Crippen LogP contribution in [0.3, 0.4) is 0 Å². The molecular weight excluding hydrogens is 264 g/mol. The van der Waals surface area contributed by atoms with Crippen LogP contribution in [-0.2, 0) is 4.79 Å². The fourth-order valence-electron chi connectivity index (χ4n) is 3.62. The fraction of sp³-hybridized carbons (Fsp3) is 0.438. The lowest BCUT2D eigenvalue weighted by molar-refractivity contribution is -0.133. The van der Waals surface area contributed by atoms with Crippen LogP contribution in [0.25, 0.3) is 5.52 Å². The number of carbonyl (C=O) groups is 1. The zero-order valence-electron chi connectivity index (χ0n) is 11.7. The van der Waals surface area contributed by atoms with Gasteiger partial charge in [-0.3, -0.25) is 4.79 Å². The van der Waals surface area contributed by atoms with E-state index in [4.69, 9.17) is 5.26 Å². The molecule has 5 heteroatoms. The van der Waals surface area contributed by atoms with Gasteiger partial charge in [-0.25, -0.2) is 4.52 Å². The minimum atomic E-state index is 0.303. The Hall–Kier alpha value is -2.35. The predicted molar refractivity (Wildman–Crippen MR) is 78.0 cm³/mol. The number of nitrogens with zero attached hydrogens (tertiary/aromatic N) is 4. The number of aromatic nitrogens is 2. The van der Waals surface area contributed by atoms with Crippen LogP contribution in [0.15, 0.2) is 24.5 Å². The van der Waals surface area contributed by atoms with Crippen LogP contribution in [0.4, 0.5) is 5.69 Å². The number of carbonyl (C=O) groups excluding carboxylic acids is 1. The number of piperidine rings is 1. The van der Waals surface area contributed by atoms with Crippen molar-refractivity contribution >= 4 is 17.0 Å². The van der Waals surface area contributed by atoms with Crippen molar-refractivity contribution in [1.29, 1.82) is 5.26 Å². The van der Waals surface area contributed by atoms with Crippen LogP contribution in [0.2, 0.25) is 0 Å². The van der Waals surface area contributed by atoms with Crippen LogP contribution < -0.4 is 4.90 Å². The molecule has 0 radical (unpaired) electrons. The van der Waals surface area contributed by atoms with Gasteiger partial charge in [0.15, 0.2) is 0 Å². The van der Waals surface area contributed by atoms with Crippen molar-refractivity contribution in [2.24, 2.45) is 5.41 Å². The Bertz CT molecular complexity index is 752. The van der Waals surface area contributed by atoms with E-state index in [-0.39, 0.29) is 0 Å². The highest BCUT2D eigenvalue weighted by Gasteiger charge is 2.45. The van der Waals surface area contributed by atoms with Gasteiger partial charge in [-0.1, -0.05) is 0 Å². The molecule has 0 aromatic carbocycles. The molecule has 0 atom stereocenters. The molecule has 3 heterocycles. The van der Waals surface area contributed by atoms with Crippen molar-refractivity contribution in [1.82, 2.24) is 9.61 Å². The maximum Gasteiger partial charge on any atom is 0.134 e. The Balaban J connectivity index is 1.55. The van der Waals surface area contributed by atoms with Gasteiger partial charge >= 0.3 is 0 Å². The van der Waals surface area contributed by atoms with Gasteiger partial charge < -0.3 is 4.90 Å².